The molecule has 8 amide bonds. The highest BCUT2D eigenvalue weighted by Crippen LogP contribution is 2.09. The molecule has 1 saturated heterocycles. The second-order valence-corrected chi connectivity index (χ2v) is 14.5. The topological polar surface area (TPSA) is 445 Å². The molecule has 0 radical (unpaired) electrons. The van der Waals surface area contributed by atoms with Crippen LogP contribution in [-0.2, 0) is 43.2 Å². The Hall–Kier alpha value is -6.31. The summed E-state index contributed by atoms with van der Waals surface area (Å²) in [6.07, 6.45) is -0.153. The number of nitrogens with zero attached hydrogens (tertiary/aromatic N) is 2. The molecule has 20 N–H and O–H groups in total. The van der Waals surface area contributed by atoms with E-state index in [0.717, 1.165) is 0 Å². The maximum Gasteiger partial charge on any atom is 0.305 e. The first kappa shape index (κ1) is 52.7. The second kappa shape index (κ2) is 28.2. The zero-order valence-corrected chi connectivity index (χ0v) is 34.5. The minimum absolute atomic E-state index is 0.0357. The van der Waals surface area contributed by atoms with Crippen LogP contribution < -0.4 is 71.2 Å². The van der Waals surface area contributed by atoms with Gasteiger partial charge in [-0.3, -0.25) is 53.1 Å². The summed E-state index contributed by atoms with van der Waals surface area (Å²) in [5, 5.41) is 38.8. The average Bonchev–Trinajstić information content (AvgIpc) is 3.18. The Morgan fingerprint density at radius 1 is 0.590 bits per heavy atom. The Bertz CT molecular complexity index is 1590. The Kier molecular flexibility index (Phi) is 24.4. The number of aliphatic hydroxyl groups excluding tert-OH is 1. The number of guanidine groups is 2. The molecular weight excluding hydrogens is 806 g/mol. The van der Waals surface area contributed by atoms with Crippen LogP contribution in [-0.4, -0.2) is 151 Å². The first-order chi connectivity index (χ1) is 28.8. The third-order valence-corrected chi connectivity index (χ3v) is 8.79. The maximum absolute atomic E-state index is 13.7. The largest absolute Gasteiger partial charge is 0.481 e. The molecule has 1 heterocycles. The van der Waals surface area contributed by atoms with E-state index in [0.29, 0.717) is 6.42 Å². The number of aliphatic carboxylic acids is 1. The van der Waals surface area contributed by atoms with Crippen molar-refractivity contribution in [2.45, 2.75) is 108 Å². The van der Waals surface area contributed by atoms with Gasteiger partial charge in [-0.1, -0.05) is 13.8 Å². The Labute approximate surface area is 352 Å². The number of nitrogens with two attached hydrogens (primary N) is 5. The van der Waals surface area contributed by atoms with E-state index in [1.54, 1.807) is 13.8 Å². The summed E-state index contributed by atoms with van der Waals surface area (Å²) in [7, 11) is 0. The van der Waals surface area contributed by atoms with Crippen LogP contribution in [0, 0.1) is 5.92 Å². The normalized spacial score (nSPS) is 23.0. The van der Waals surface area contributed by atoms with Crippen molar-refractivity contribution in [3.63, 3.8) is 0 Å². The highest BCUT2D eigenvalue weighted by molar-refractivity contribution is 5.98. The van der Waals surface area contributed by atoms with Crippen molar-refractivity contribution < 1.29 is 53.4 Å². The number of nitrogens with one attached hydrogen (secondary N) is 8. The number of amides is 8. The molecule has 1 rings (SSSR count). The number of unbranched alkanes of at least 4 members (excludes halogenated alkanes) is 1. The lowest BCUT2D eigenvalue weighted by atomic mass is 10.0. The Morgan fingerprint density at radius 2 is 0.984 bits per heavy atom. The number of hydrogen-bond acceptors (Lipinski definition) is 13. The lowest BCUT2D eigenvalue weighted by Gasteiger charge is -2.27. The van der Waals surface area contributed by atoms with Crippen molar-refractivity contribution in [3.8, 4) is 0 Å². The lowest BCUT2D eigenvalue weighted by Crippen LogP contribution is -2.60. The molecule has 0 aromatic heterocycles. The first-order valence-electron chi connectivity index (χ1n) is 19.8. The molecule has 0 aliphatic carbocycles. The SMILES string of the molecule is CC(C)C[C@@H]1NC(=O)CNC(=O)[C@H](CCCN=C(N)N)NC(=O)CNC(=O)[C@H](CC(=O)O)NC(=O)[C@H](CCCCN)NC(=O)[C@H](CO)NC(=O)[C@H](CCCN=C(N)N)NC1=O. The molecule has 0 unspecified atom stereocenters. The Balaban J connectivity index is 3.68. The third-order valence-electron chi connectivity index (χ3n) is 8.79. The van der Waals surface area contributed by atoms with E-state index >= 15 is 0 Å². The van der Waals surface area contributed by atoms with E-state index in [4.69, 9.17) is 28.7 Å². The van der Waals surface area contributed by atoms with Crippen LogP contribution in [0.1, 0.15) is 71.6 Å². The first-order valence-corrected chi connectivity index (χ1v) is 19.8. The summed E-state index contributed by atoms with van der Waals surface area (Å²) < 4.78 is 0. The number of carboxylic acid groups (broad SMARTS) is 1. The van der Waals surface area contributed by atoms with Crippen molar-refractivity contribution in [3.05, 3.63) is 0 Å². The number of aliphatic imine (C=N–C) groups is 2. The molecule has 1 fully saturated rings. The van der Waals surface area contributed by atoms with Gasteiger partial charge in [-0.2, -0.15) is 0 Å². The van der Waals surface area contributed by atoms with Gasteiger partial charge in [0.25, 0.3) is 0 Å². The van der Waals surface area contributed by atoms with Crippen LogP contribution in [0.25, 0.3) is 0 Å². The van der Waals surface area contributed by atoms with Gasteiger partial charge >= 0.3 is 5.97 Å². The van der Waals surface area contributed by atoms with Crippen molar-refractivity contribution in [2.24, 2.45) is 44.6 Å². The molecule has 1 aliphatic rings. The number of aliphatic hydroxyl groups is 1. The van der Waals surface area contributed by atoms with Gasteiger partial charge in [0.15, 0.2) is 11.9 Å². The fraction of sp³-hybridized carbons (Fsp3) is 0.686. The maximum atomic E-state index is 13.7. The number of hydrogen-bond donors (Lipinski definition) is 15. The summed E-state index contributed by atoms with van der Waals surface area (Å²) in [6, 6.07) is -8.84. The Morgan fingerprint density at radius 3 is 1.43 bits per heavy atom. The van der Waals surface area contributed by atoms with Gasteiger partial charge in [-0.05, 0) is 63.8 Å². The number of carboxylic acids is 1. The van der Waals surface area contributed by atoms with Crippen molar-refractivity contribution in [2.75, 3.05) is 39.3 Å². The predicted octanol–water partition coefficient (Wildman–Crippen LogP) is -7.11. The fourth-order valence-electron chi connectivity index (χ4n) is 5.75. The monoisotopic (exact) mass is 869 g/mol. The molecule has 61 heavy (non-hydrogen) atoms. The molecule has 26 nitrogen and oxygen atoms in total. The minimum Gasteiger partial charge on any atom is -0.481 e. The molecule has 0 aromatic carbocycles. The van der Waals surface area contributed by atoms with Crippen LogP contribution in [0.15, 0.2) is 9.98 Å². The van der Waals surface area contributed by atoms with E-state index in [1.807, 2.05) is 0 Å². The quantitative estimate of drug-likeness (QED) is 0.0367. The molecule has 26 heteroatoms. The third kappa shape index (κ3) is 22.0. The summed E-state index contributed by atoms with van der Waals surface area (Å²) in [5.74, 6) is -9.65. The molecular formula is C35H63N15O11. The number of carbonyl (C=O) groups excluding carboxylic acids is 8. The van der Waals surface area contributed by atoms with Gasteiger partial charge in [0.2, 0.25) is 47.3 Å². The predicted molar refractivity (Wildman–Crippen MR) is 219 cm³/mol. The van der Waals surface area contributed by atoms with Gasteiger partial charge in [0, 0.05) is 13.1 Å². The van der Waals surface area contributed by atoms with E-state index in [2.05, 4.69) is 52.5 Å². The highest BCUT2D eigenvalue weighted by Gasteiger charge is 2.33. The van der Waals surface area contributed by atoms with Gasteiger partial charge in [-0.25, -0.2) is 0 Å². The minimum atomic E-state index is -1.77. The molecule has 344 valence electrons. The fourth-order valence-corrected chi connectivity index (χ4v) is 5.75. The summed E-state index contributed by atoms with van der Waals surface area (Å²) in [5.41, 5.74) is 27.2. The van der Waals surface area contributed by atoms with Crippen LogP contribution in [0.2, 0.25) is 0 Å². The second-order valence-electron chi connectivity index (χ2n) is 14.5. The van der Waals surface area contributed by atoms with Gasteiger partial charge in [0.05, 0.1) is 26.1 Å². The molecule has 0 saturated carbocycles. The lowest BCUT2D eigenvalue weighted by molar-refractivity contribution is -0.141. The van der Waals surface area contributed by atoms with Gasteiger partial charge in [-0.15, -0.1) is 0 Å². The molecule has 0 bridgehead atoms. The summed E-state index contributed by atoms with van der Waals surface area (Å²) in [4.78, 5) is 126. The van der Waals surface area contributed by atoms with Crippen LogP contribution in [0.3, 0.4) is 0 Å². The molecule has 1 aliphatic heterocycles. The number of carbonyl (C=O) groups is 9. The smallest absolute Gasteiger partial charge is 0.305 e. The number of rotatable bonds is 17. The summed E-state index contributed by atoms with van der Waals surface area (Å²) in [6.45, 7) is 1.40. The average molecular weight is 870 g/mol. The summed E-state index contributed by atoms with van der Waals surface area (Å²) >= 11 is 0. The van der Waals surface area contributed by atoms with E-state index in [1.165, 1.54) is 0 Å². The zero-order chi connectivity index (χ0) is 46.1. The van der Waals surface area contributed by atoms with Crippen molar-refractivity contribution >= 4 is 65.1 Å². The van der Waals surface area contributed by atoms with Crippen LogP contribution in [0.5, 0.6) is 0 Å². The highest BCUT2D eigenvalue weighted by atomic mass is 16.4. The van der Waals surface area contributed by atoms with Crippen LogP contribution in [0.4, 0.5) is 0 Å². The molecule has 0 spiro atoms. The van der Waals surface area contributed by atoms with E-state index in [-0.39, 0.29) is 82.4 Å². The van der Waals surface area contributed by atoms with Gasteiger partial charge < -0.3 is 81.4 Å². The van der Waals surface area contributed by atoms with Crippen molar-refractivity contribution in [1.82, 2.24) is 42.5 Å². The zero-order valence-electron chi connectivity index (χ0n) is 34.5. The van der Waals surface area contributed by atoms with Gasteiger partial charge in [0.1, 0.15) is 36.3 Å². The molecule has 0 aromatic rings. The van der Waals surface area contributed by atoms with E-state index in [9.17, 15) is 53.4 Å². The van der Waals surface area contributed by atoms with Crippen LogP contribution >= 0.6 is 0 Å². The van der Waals surface area contributed by atoms with E-state index < -0.39 is 116 Å². The van der Waals surface area contributed by atoms with Crippen molar-refractivity contribution in [1.29, 1.82) is 0 Å². The standard InChI is InChI=1S/C35H63N15O11/c1-18(2)13-22-32(60)47-21(9-6-12-42-35(39)40)31(59)50-24(17-51)33(61)48-20(7-3-4-10-36)30(58)49-23(14-27(54)55)29(57)44-15-25(52)45-19(8-5-11-41-34(37)38)28(56)43-16-26(53)46-22/h18-24,51H,3-17,36H2,1-2H3,(H,43,56)(H,44,57)(H,45,52)(H,46,53)(H,47,60)(H,48,61)(H,49,58)(H,50,59)(H,54,55)(H4,37,38,41)(H4,39,40,42)/t19-,20-,21-,22-,23-,24-/m0/s1. The molecule has 6 atom stereocenters.